The zero-order chi connectivity index (χ0) is 20.5. The molecule has 7 nitrogen and oxygen atoms in total. The lowest BCUT2D eigenvalue weighted by Crippen LogP contribution is -2.33. The van der Waals surface area contributed by atoms with Crippen LogP contribution in [0.5, 0.6) is 0 Å². The Labute approximate surface area is 174 Å². The van der Waals surface area contributed by atoms with Crippen LogP contribution in [0.3, 0.4) is 0 Å². The lowest BCUT2D eigenvalue weighted by molar-refractivity contribution is -0.128. The minimum Gasteiger partial charge on any atom is -0.357 e. The maximum atomic E-state index is 12.9. The number of hydrogen-bond acceptors (Lipinski definition) is 5. The summed E-state index contributed by atoms with van der Waals surface area (Å²) in [6, 6.07) is 21.6. The molecule has 150 valence electrons. The van der Waals surface area contributed by atoms with Gasteiger partial charge in [-0.15, -0.1) is 15.3 Å². The lowest BCUT2D eigenvalue weighted by Gasteiger charge is -2.17. The SMILES string of the molecule is Cc1ccc(CN2CCC(Nc3ccc4nnc(-c5ccccc5)n4n3)C2=O)cc1. The molecule has 1 unspecified atom stereocenters. The molecule has 30 heavy (non-hydrogen) atoms. The number of amides is 1. The summed E-state index contributed by atoms with van der Waals surface area (Å²) in [5.74, 6) is 1.41. The van der Waals surface area contributed by atoms with Gasteiger partial charge in [-0.05, 0) is 31.0 Å². The van der Waals surface area contributed by atoms with Gasteiger partial charge in [0, 0.05) is 18.7 Å². The van der Waals surface area contributed by atoms with Gasteiger partial charge in [0.15, 0.2) is 11.5 Å². The molecular formula is C23H22N6O. The van der Waals surface area contributed by atoms with Crippen molar-refractivity contribution in [2.45, 2.75) is 25.9 Å². The van der Waals surface area contributed by atoms with E-state index in [1.807, 2.05) is 47.4 Å². The van der Waals surface area contributed by atoms with Crippen LogP contribution >= 0.6 is 0 Å². The van der Waals surface area contributed by atoms with Crippen molar-refractivity contribution < 1.29 is 4.79 Å². The second-order valence-electron chi connectivity index (χ2n) is 7.61. The summed E-state index contributed by atoms with van der Waals surface area (Å²) in [5.41, 5.74) is 3.97. The Balaban J connectivity index is 1.33. The molecule has 7 heteroatoms. The van der Waals surface area contributed by atoms with Crippen LogP contribution in [0.4, 0.5) is 5.82 Å². The highest BCUT2D eigenvalue weighted by Crippen LogP contribution is 2.21. The Morgan fingerprint density at radius 2 is 1.80 bits per heavy atom. The first-order chi connectivity index (χ1) is 14.7. The number of aryl methyl sites for hydroxylation is 1. The monoisotopic (exact) mass is 398 g/mol. The third-order valence-corrected chi connectivity index (χ3v) is 5.41. The van der Waals surface area contributed by atoms with Crippen LogP contribution < -0.4 is 5.32 Å². The zero-order valence-electron chi connectivity index (χ0n) is 16.7. The largest absolute Gasteiger partial charge is 0.357 e. The van der Waals surface area contributed by atoms with Crippen LogP contribution in [0.1, 0.15) is 17.5 Å². The van der Waals surface area contributed by atoms with Gasteiger partial charge < -0.3 is 10.2 Å². The minimum absolute atomic E-state index is 0.101. The first-order valence-corrected chi connectivity index (χ1v) is 10.1. The third-order valence-electron chi connectivity index (χ3n) is 5.41. The van der Waals surface area contributed by atoms with Crippen molar-refractivity contribution in [3.8, 4) is 11.4 Å². The summed E-state index contributed by atoms with van der Waals surface area (Å²) in [5, 5.41) is 16.4. The first kappa shape index (κ1) is 18.3. The third kappa shape index (κ3) is 3.50. The fraction of sp³-hybridized carbons (Fsp3) is 0.217. The van der Waals surface area contributed by atoms with Crippen LogP contribution in [0.25, 0.3) is 17.0 Å². The molecule has 5 rings (SSSR count). The number of anilines is 1. The van der Waals surface area contributed by atoms with E-state index in [2.05, 4.69) is 51.8 Å². The maximum absolute atomic E-state index is 12.9. The topological polar surface area (TPSA) is 75.4 Å². The van der Waals surface area contributed by atoms with Gasteiger partial charge in [0.2, 0.25) is 5.91 Å². The molecule has 2 aromatic carbocycles. The number of carbonyl (C=O) groups is 1. The minimum atomic E-state index is -0.281. The van der Waals surface area contributed by atoms with Crippen LogP contribution in [0, 0.1) is 6.92 Å². The Morgan fingerprint density at radius 3 is 2.60 bits per heavy atom. The fourth-order valence-electron chi connectivity index (χ4n) is 3.76. The van der Waals surface area contributed by atoms with E-state index in [4.69, 9.17) is 0 Å². The molecule has 0 spiro atoms. The molecule has 1 atom stereocenters. The highest BCUT2D eigenvalue weighted by atomic mass is 16.2. The van der Waals surface area contributed by atoms with Gasteiger partial charge >= 0.3 is 0 Å². The van der Waals surface area contributed by atoms with E-state index in [1.54, 1.807) is 4.52 Å². The lowest BCUT2D eigenvalue weighted by atomic mass is 10.1. The van der Waals surface area contributed by atoms with E-state index >= 15 is 0 Å². The quantitative estimate of drug-likeness (QED) is 0.558. The van der Waals surface area contributed by atoms with Crippen molar-refractivity contribution in [1.82, 2.24) is 24.7 Å². The predicted octanol–water partition coefficient (Wildman–Crippen LogP) is 3.31. The number of rotatable bonds is 5. The smallest absolute Gasteiger partial charge is 0.245 e. The maximum Gasteiger partial charge on any atom is 0.245 e. The molecule has 1 N–H and O–H groups in total. The Morgan fingerprint density at radius 1 is 1.00 bits per heavy atom. The van der Waals surface area contributed by atoms with E-state index < -0.39 is 0 Å². The Bertz CT molecular complexity index is 1190. The Hall–Kier alpha value is -3.74. The van der Waals surface area contributed by atoms with Gasteiger partial charge in [-0.1, -0.05) is 60.2 Å². The molecule has 2 aromatic heterocycles. The van der Waals surface area contributed by atoms with Crippen molar-refractivity contribution in [2.24, 2.45) is 0 Å². The normalized spacial score (nSPS) is 16.4. The van der Waals surface area contributed by atoms with Gasteiger partial charge in [0.25, 0.3) is 0 Å². The van der Waals surface area contributed by atoms with E-state index in [0.717, 1.165) is 24.1 Å². The molecule has 1 aliphatic rings. The first-order valence-electron chi connectivity index (χ1n) is 10.1. The molecule has 1 fully saturated rings. The van der Waals surface area contributed by atoms with Crippen molar-refractivity contribution in [1.29, 1.82) is 0 Å². The van der Waals surface area contributed by atoms with E-state index in [-0.39, 0.29) is 11.9 Å². The Kier molecular flexibility index (Phi) is 4.63. The number of benzene rings is 2. The number of nitrogens with one attached hydrogen (secondary N) is 1. The van der Waals surface area contributed by atoms with E-state index in [0.29, 0.717) is 23.8 Å². The molecule has 0 aliphatic carbocycles. The average Bonchev–Trinajstić information content (AvgIpc) is 3.34. The number of aromatic nitrogens is 4. The molecule has 0 saturated carbocycles. The molecule has 0 bridgehead atoms. The highest BCUT2D eigenvalue weighted by Gasteiger charge is 2.31. The van der Waals surface area contributed by atoms with Gasteiger partial charge in [-0.3, -0.25) is 4.79 Å². The van der Waals surface area contributed by atoms with Crippen LogP contribution in [0.15, 0.2) is 66.7 Å². The van der Waals surface area contributed by atoms with Crippen molar-refractivity contribution in [2.75, 3.05) is 11.9 Å². The summed E-state index contributed by atoms with van der Waals surface area (Å²) in [6.07, 6.45) is 0.748. The molecule has 4 aromatic rings. The standard InChI is InChI=1S/C23H22N6O/c1-16-7-9-17(10-8-16)15-28-14-13-19(23(28)30)24-20-11-12-21-25-26-22(29(21)27-20)18-5-3-2-4-6-18/h2-12,19H,13-15H2,1H3,(H,24,27). The summed E-state index contributed by atoms with van der Waals surface area (Å²) in [4.78, 5) is 14.8. The van der Waals surface area contributed by atoms with E-state index in [1.165, 1.54) is 5.56 Å². The number of carbonyl (C=O) groups excluding carboxylic acids is 1. The number of nitrogens with zero attached hydrogens (tertiary/aromatic N) is 5. The van der Waals surface area contributed by atoms with Gasteiger partial charge in [-0.25, -0.2) is 0 Å². The van der Waals surface area contributed by atoms with Crippen LogP contribution in [-0.4, -0.2) is 43.2 Å². The van der Waals surface area contributed by atoms with Gasteiger partial charge in [0.1, 0.15) is 11.9 Å². The average molecular weight is 398 g/mol. The summed E-state index contributed by atoms with van der Waals surface area (Å²) >= 11 is 0. The molecule has 1 saturated heterocycles. The second-order valence-corrected chi connectivity index (χ2v) is 7.61. The van der Waals surface area contributed by atoms with Crippen molar-refractivity contribution in [3.63, 3.8) is 0 Å². The predicted molar refractivity (Wildman–Crippen MR) is 115 cm³/mol. The van der Waals surface area contributed by atoms with Crippen LogP contribution in [0.2, 0.25) is 0 Å². The molecular weight excluding hydrogens is 376 g/mol. The van der Waals surface area contributed by atoms with Crippen molar-refractivity contribution >= 4 is 17.4 Å². The molecule has 0 radical (unpaired) electrons. The molecule has 1 amide bonds. The number of hydrogen-bond donors (Lipinski definition) is 1. The van der Waals surface area contributed by atoms with Crippen LogP contribution in [-0.2, 0) is 11.3 Å². The van der Waals surface area contributed by atoms with E-state index in [9.17, 15) is 4.79 Å². The summed E-state index contributed by atoms with van der Waals surface area (Å²) in [6.45, 7) is 3.43. The molecule has 3 heterocycles. The number of likely N-dealkylation sites (tertiary alicyclic amines) is 1. The summed E-state index contributed by atoms with van der Waals surface area (Å²) < 4.78 is 1.71. The fourth-order valence-corrected chi connectivity index (χ4v) is 3.76. The number of fused-ring (bicyclic) bond motifs is 1. The highest BCUT2D eigenvalue weighted by molar-refractivity contribution is 5.86. The summed E-state index contributed by atoms with van der Waals surface area (Å²) in [7, 11) is 0. The second kappa shape index (κ2) is 7.59. The van der Waals surface area contributed by atoms with Gasteiger partial charge in [-0.2, -0.15) is 4.52 Å². The van der Waals surface area contributed by atoms with Crippen molar-refractivity contribution in [3.05, 3.63) is 77.9 Å². The van der Waals surface area contributed by atoms with Gasteiger partial charge in [0.05, 0.1) is 0 Å². The zero-order valence-corrected chi connectivity index (χ0v) is 16.7. The molecule has 1 aliphatic heterocycles.